The number of halogens is 1. The van der Waals surface area contributed by atoms with Crippen molar-refractivity contribution < 1.29 is 9.47 Å². The number of ether oxygens (including phenoxy) is 2. The van der Waals surface area contributed by atoms with Crippen molar-refractivity contribution in [3.05, 3.63) is 56.7 Å². The van der Waals surface area contributed by atoms with Crippen LogP contribution in [0.2, 0.25) is 0 Å². The minimum Gasteiger partial charge on any atom is -0.486 e. The molecule has 0 saturated heterocycles. The zero-order chi connectivity index (χ0) is 14.2. The van der Waals surface area contributed by atoms with Gasteiger partial charge in [0.2, 0.25) is 0 Å². The van der Waals surface area contributed by atoms with E-state index in [2.05, 4.69) is 64.3 Å². The van der Waals surface area contributed by atoms with E-state index in [0.29, 0.717) is 13.2 Å². The van der Waals surface area contributed by atoms with Crippen molar-refractivity contribution in [1.29, 1.82) is 0 Å². The molecule has 108 valence electrons. The first-order valence-corrected chi connectivity index (χ1v) is 8.30. The molecule has 0 fully saturated rings. The Hall–Kier alpha value is -1.27. The Bertz CT molecular complexity index is 669. The summed E-state index contributed by atoms with van der Waals surface area (Å²) in [6, 6.07) is 13.3. The molecule has 4 rings (SSSR count). The van der Waals surface area contributed by atoms with Gasteiger partial charge < -0.3 is 14.8 Å². The van der Waals surface area contributed by atoms with Crippen LogP contribution in [0.15, 0.2) is 36.4 Å². The van der Waals surface area contributed by atoms with Crippen LogP contribution in [0.1, 0.15) is 22.7 Å². The van der Waals surface area contributed by atoms with E-state index < -0.39 is 0 Å². The highest BCUT2D eigenvalue weighted by Crippen LogP contribution is 2.38. The first-order valence-electron chi connectivity index (χ1n) is 7.22. The van der Waals surface area contributed by atoms with Gasteiger partial charge in [-0.1, -0.05) is 12.1 Å². The molecule has 2 heterocycles. The molecular formula is C17H16INO2. The number of benzene rings is 2. The summed E-state index contributed by atoms with van der Waals surface area (Å²) in [5, 5.41) is 3.62. The molecule has 2 aromatic rings. The quantitative estimate of drug-likeness (QED) is 0.755. The number of hydrogen-bond acceptors (Lipinski definition) is 3. The first kappa shape index (κ1) is 13.4. The highest BCUT2D eigenvalue weighted by atomic mass is 127. The predicted molar refractivity (Wildman–Crippen MR) is 90.1 cm³/mol. The highest BCUT2D eigenvalue weighted by molar-refractivity contribution is 14.1. The van der Waals surface area contributed by atoms with E-state index in [1.807, 2.05) is 0 Å². The third kappa shape index (κ3) is 2.51. The van der Waals surface area contributed by atoms with Crippen LogP contribution in [0.4, 0.5) is 0 Å². The minimum absolute atomic E-state index is 0.238. The lowest BCUT2D eigenvalue weighted by atomic mass is 9.89. The van der Waals surface area contributed by atoms with Crippen LogP contribution >= 0.6 is 22.6 Å². The molecule has 2 aliphatic heterocycles. The van der Waals surface area contributed by atoms with Crippen LogP contribution in [0.5, 0.6) is 11.5 Å². The Morgan fingerprint density at radius 3 is 2.48 bits per heavy atom. The van der Waals surface area contributed by atoms with E-state index in [4.69, 9.17) is 9.47 Å². The Kier molecular flexibility index (Phi) is 3.51. The molecule has 0 aliphatic carbocycles. The second kappa shape index (κ2) is 5.50. The molecule has 2 aliphatic rings. The molecule has 4 heteroatoms. The fourth-order valence-electron chi connectivity index (χ4n) is 3.05. The summed E-state index contributed by atoms with van der Waals surface area (Å²) >= 11 is 2.34. The van der Waals surface area contributed by atoms with E-state index in [9.17, 15) is 0 Å². The molecule has 0 radical (unpaired) electrons. The average molecular weight is 393 g/mol. The second-order valence-corrected chi connectivity index (χ2v) is 6.63. The summed E-state index contributed by atoms with van der Waals surface area (Å²) in [4.78, 5) is 0. The minimum atomic E-state index is 0.238. The van der Waals surface area contributed by atoms with E-state index in [0.717, 1.165) is 24.5 Å². The van der Waals surface area contributed by atoms with Crippen molar-refractivity contribution in [2.24, 2.45) is 0 Å². The van der Waals surface area contributed by atoms with Crippen LogP contribution in [0.25, 0.3) is 0 Å². The lowest BCUT2D eigenvalue weighted by Gasteiger charge is -2.30. The summed E-state index contributed by atoms with van der Waals surface area (Å²) in [5.41, 5.74) is 3.97. The molecule has 0 saturated carbocycles. The topological polar surface area (TPSA) is 30.5 Å². The fraction of sp³-hybridized carbons (Fsp3) is 0.294. The molecule has 21 heavy (non-hydrogen) atoms. The molecule has 0 amide bonds. The van der Waals surface area contributed by atoms with Gasteiger partial charge in [-0.15, -0.1) is 0 Å². The summed E-state index contributed by atoms with van der Waals surface area (Å²) < 4.78 is 12.7. The van der Waals surface area contributed by atoms with Gasteiger partial charge in [0.15, 0.2) is 11.5 Å². The summed E-state index contributed by atoms with van der Waals surface area (Å²) in [6.07, 6.45) is 1.03. The smallest absolute Gasteiger partial charge is 0.161 e. The number of nitrogens with one attached hydrogen (secondary N) is 1. The predicted octanol–water partition coefficient (Wildman–Crippen LogP) is 3.30. The third-order valence-corrected chi connectivity index (χ3v) is 4.78. The van der Waals surface area contributed by atoms with Gasteiger partial charge in [0, 0.05) is 10.1 Å². The van der Waals surface area contributed by atoms with Gasteiger partial charge >= 0.3 is 0 Å². The molecule has 0 spiro atoms. The van der Waals surface area contributed by atoms with Gasteiger partial charge in [0.05, 0.1) is 6.04 Å². The SMILES string of the molecule is Ic1ccc(C2NCCc3cc4c(cc32)OCCO4)cc1. The standard InChI is InChI=1S/C17H16INO2/c18-13-3-1-11(2-4-13)17-14-10-16-15(20-7-8-21-16)9-12(14)5-6-19-17/h1-4,9-10,17,19H,5-8H2. The van der Waals surface area contributed by atoms with Crippen LogP contribution in [0, 0.1) is 3.57 Å². The molecule has 0 bridgehead atoms. The monoisotopic (exact) mass is 393 g/mol. The van der Waals surface area contributed by atoms with E-state index in [-0.39, 0.29) is 6.04 Å². The maximum Gasteiger partial charge on any atom is 0.161 e. The third-order valence-electron chi connectivity index (χ3n) is 4.06. The molecule has 1 atom stereocenters. The van der Waals surface area contributed by atoms with Crippen molar-refractivity contribution >= 4 is 22.6 Å². The first-order chi connectivity index (χ1) is 10.3. The lowest BCUT2D eigenvalue weighted by Crippen LogP contribution is -2.31. The number of rotatable bonds is 1. The summed E-state index contributed by atoms with van der Waals surface area (Å²) in [5.74, 6) is 1.77. The van der Waals surface area contributed by atoms with Crippen molar-refractivity contribution in [2.45, 2.75) is 12.5 Å². The normalized spacial score (nSPS) is 20.0. The van der Waals surface area contributed by atoms with Crippen molar-refractivity contribution in [1.82, 2.24) is 5.32 Å². The van der Waals surface area contributed by atoms with Crippen molar-refractivity contribution in [2.75, 3.05) is 19.8 Å². The zero-order valence-corrected chi connectivity index (χ0v) is 13.7. The van der Waals surface area contributed by atoms with E-state index in [1.54, 1.807) is 0 Å². The van der Waals surface area contributed by atoms with Crippen LogP contribution < -0.4 is 14.8 Å². The van der Waals surface area contributed by atoms with Gasteiger partial charge in [-0.2, -0.15) is 0 Å². The Morgan fingerprint density at radius 2 is 1.71 bits per heavy atom. The van der Waals surface area contributed by atoms with Gasteiger partial charge in [0.25, 0.3) is 0 Å². The van der Waals surface area contributed by atoms with Gasteiger partial charge in [-0.3, -0.25) is 0 Å². The van der Waals surface area contributed by atoms with Gasteiger partial charge in [0.1, 0.15) is 13.2 Å². The van der Waals surface area contributed by atoms with Crippen LogP contribution in [-0.2, 0) is 6.42 Å². The largest absolute Gasteiger partial charge is 0.486 e. The average Bonchev–Trinajstić information content (AvgIpc) is 2.53. The van der Waals surface area contributed by atoms with Crippen LogP contribution in [0.3, 0.4) is 0 Å². The zero-order valence-electron chi connectivity index (χ0n) is 11.6. The summed E-state index contributed by atoms with van der Waals surface area (Å²) in [6.45, 7) is 2.27. The molecule has 1 N–H and O–H groups in total. The second-order valence-electron chi connectivity index (χ2n) is 5.38. The van der Waals surface area contributed by atoms with Crippen molar-refractivity contribution in [3.63, 3.8) is 0 Å². The number of hydrogen-bond donors (Lipinski definition) is 1. The Morgan fingerprint density at radius 1 is 1.00 bits per heavy atom. The molecule has 1 unspecified atom stereocenters. The van der Waals surface area contributed by atoms with Gasteiger partial charge in [-0.25, -0.2) is 0 Å². The van der Waals surface area contributed by atoms with E-state index in [1.165, 1.54) is 20.3 Å². The highest BCUT2D eigenvalue weighted by Gasteiger charge is 2.25. The molecule has 0 aromatic heterocycles. The summed E-state index contributed by atoms with van der Waals surface area (Å²) in [7, 11) is 0. The van der Waals surface area contributed by atoms with Gasteiger partial charge in [-0.05, 0) is 70.0 Å². The fourth-order valence-corrected chi connectivity index (χ4v) is 3.41. The number of fused-ring (bicyclic) bond motifs is 2. The van der Waals surface area contributed by atoms with E-state index >= 15 is 0 Å². The van der Waals surface area contributed by atoms with Crippen LogP contribution in [-0.4, -0.2) is 19.8 Å². The maximum atomic E-state index is 5.74. The van der Waals surface area contributed by atoms with Crippen molar-refractivity contribution in [3.8, 4) is 11.5 Å². The molecule has 2 aromatic carbocycles. The Labute approximate surface area is 137 Å². The maximum absolute atomic E-state index is 5.74. The Balaban J connectivity index is 1.78. The molecular weight excluding hydrogens is 377 g/mol. The molecule has 3 nitrogen and oxygen atoms in total. The lowest BCUT2D eigenvalue weighted by molar-refractivity contribution is 0.171.